The second kappa shape index (κ2) is 7.30. The number of hydrogen-bond acceptors (Lipinski definition) is 4. The quantitative estimate of drug-likeness (QED) is 0.399. The summed E-state index contributed by atoms with van der Waals surface area (Å²) in [6, 6.07) is 10.4. The summed E-state index contributed by atoms with van der Waals surface area (Å²) in [6.45, 7) is 4.42. The highest BCUT2D eigenvalue weighted by molar-refractivity contribution is 6.15. The first kappa shape index (κ1) is 19.2. The van der Waals surface area contributed by atoms with Crippen molar-refractivity contribution in [2.24, 2.45) is 9.98 Å². The zero-order valence-electron chi connectivity index (χ0n) is 18.7. The van der Waals surface area contributed by atoms with Gasteiger partial charge in [0.1, 0.15) is 5.75 Å². The molecule has 0 spiro atoms. The van der Waals surface area contributed by atoms with Crippen molar-refractivity contribution >= 4 is 45.1 Å². The van der Waals surface area contributed by atoms with Gasteiger partial charge in [-0.3, -0.25) is 15.0 Å². The van der Waals surface area contributed by atoms with Crippen LogP contribution in [-0.4, -0.2) is 29.0 Å². The summed E-state index contributed by atoms with van der Waals surface area (Å²) in [7, 11) is 1.72. The minimum atomic E-state index is 0.398. The van der Waals surface area contributed by atoms with Gasteiger partial charge >= 0.3 is 0 Å². The van der Waals surface area contributed by atoms with Crippen molar-refractivity contribution in [3.63, 3.8) is 0 Å². The largest absolute Gasteiger partial charge is 0.497 e. The third-order valence-electron chi connectivity index (χ3n) is 6.96. The molecule has 4 heterocycles. The van der Waals surface area contributed by atoms with Crippen LogP contribution in [-0.2, 0) is 6.42 Å². The maximum absolute atomic E-state index is 5.52. The van der Waals surface area contributed by atoms with Gasteiger partial charge < -0.3 is 9.72 Å². The number of rotatable bonds is 3. The van der Waals surface area contributed by atoms with Crippen LogP contribution in [0.25, 0.3) is 21.8 Å². The molecule has 5 heteroatoms. The SMILES string of the molecule is CCC1CC(c2c(C)[nH]c3ccc(OC)cc23)=Nc2c3c(c4ncccc4c21)N=CCC3. The van der Waals surface area contributed by atoms with E-state index in [1.807, 2.05) is 24.5 Å². The molecule has 32 heavy (non-hydrogen) atoms. The van der Waals surface area contributed by atoms with Crippen molar-refractivity contribution in [3.8, 4) is 5.75 Å². The van der Waals surface area contributed by atoms with Crippen molar-refractivity contribution in [1.29, 1.82) is 0 Å². The number of fused-ring (bicyclic) bond motifs is 7. The van der Waals surface area contributed by atoms with Gasteiger partial charge in [0, 0.05) is 45.5 Å². The fourth-order valence-corrected chi connectivity index (χ4v) is 5.47. The highest BCUT2D eigenvalue weighted by Gasteiger charge is 2.31. The van der Waals surface area contributed by atoms with Gasteiger partial charge in [-0.25, -0.2) is 0 Å². The maximum atomic E-state index is 5.52. The summed E-state index contributed by atoms with van der Waals surface area (Å²) < 4.78 is 5.52. The minimum Gasteiger partial charge on any atom is -0.497 e. The van der Waals surface area contributed by atoms with Gasteiger partial charge in [-0.05, 0) is 68.4 Å². The number of methoxy groups -OCH3 is 1. The summed E-state index contributed by atoms with van der Waals surface area (Å²) in [5.41, 5.74) is 10.4. The number of aromatic nitrogens is 2. The van der Waals surface area contributed by atoms with E-state index in [4.69, 9.17) is 19.7 Å². The molecule has 4 aromatic rings. The van der Waals surface area contributed by atoms with E-state index in [9.17, 15) is 0 Å². The number of nitrogens with one attached hydrogen (secondary N) is 1. The van der Waals surface area contributed by atoms with Gasteiger partial charge in [-0.1, -0.05) is 13.0 Å². The van der Waals surface area contributed by atoms with Crippen molar-refractivity contribution in [1.82, 2.24) is 9.97 Å². The Hall–Kier alpha value is -3.47. The van der Waals surface area contributed by atoms with Crippen LogP contribution in [0.3, 0.4) is 0 Å². The van der Waals surface area contributed by atoms with Crippen LogP contribution >= 0.6 is 0 Å². The Kier molecular flexibility index (Phi) is 4.39. The van der Waals surface area contributed by atoms with E-state index >= 15 is 0 Å². The number of H-pyrrole nitrogens is 1. The second-order valence-corrected chi connectivity index (χ2v) is 8.74. The van der Waals surface area contributed by atoms with Crippen LogP contribution in [0, 0.1) is 6.92 Å². The molecular weight excluding hydrogens is 396 g/mol. The average molecular weight is 423 g/mol. The number of aliphatic imine (C=N–C) groups is 2. The van der Waals surface area contributed by atoms with Gasteiger partial charge in [0.15, 0.2) is 0 Å². The molecule has 1 atom stereocenters. The topological polar surface area (TPSA) is 62.6 Å². The normalized spacial score (nSPS) is 17.3. The van der Waals surface area contributed by atoms with Crippen molar-refractivity contribution < 1.29 is 4.74 Å². The highest BCUT2D eigenvalue weighted by Crippen LogP contribution is 2.49. The lowest BCUT2D eigenvalue weighted by atomic mass is 9.80. The predicted molar refractivity (Wildman–Crippen MR) is 132 cm³/mol. The molecule has 1 unspecified atom stereocenters. The number of ether oxygens (including phenoxy) is 1. The Morgan fingerprint density at radius 2 is 2.06 bits per heavy atom. The Labute approximate surface area is 187 Å². The standard InChI is InChI=1S/C27H26N4O/c1-4-16-13-22(23-15(2)30-21-10-9-17(32-3)14-20(21)23)31-25-19-8-6-12-29-27(19)26-18(24(16)25)7-5-11-28-26/h5,7,9-12,14,16,30H,4,6,8,13H2,1-3H3. The van der Waals surface area contributed by atoms with Crippen molar-refractivity contribution in [2.45, 2.75) is 45.4 Å². The summed E-state index contributed by atoms with van der Waals surface area (Å²) in [5, 5.41) is 2.38. The first-order valence-corrected chi connectivity index (χ1v) is 11.4. The summed E-state index contributed by atoms with van der Waals surface area (Å²) >= 11 is 0. The molecule has 5 nitrogen and oxygen atoms in total. The van der Waals surface area contributed by atoms with Crippen LogP contribution in [0.1, 0.15) is 54.5 Å². The predicted octanol–water partition coefficient (Wildman–Crippen LogP) is 6.70. The maximum Gasteiger partial charge on any atom is 0.119 e. The van der Waals surface area contributed by atoms with Crippen molar-refractivity contribution in [3.05, 3.63) is 58.9 Å². The third kappa shape index (κ3) is 2.73. The smallest absolute Gasteiger partial charge is 0.119 e. The highest BCUT2D eigenvalue weighted by atomic mass is 16.5. The minimum absolute atomic E-state index is 0.398. The zero-order valence-corrected chi connectivity index (χ0v) is 18.7. The fourth-order valence-electron chi connectivity index (χ4n) is 5.47. The molecule has 2 aromatic heterocycles. The number of aromatic amines is 1. The molecule has 6 rings (SSSR count). The Morgan fingerprint density at radius 3 is 2.91 bits per heavy atom. The van der Waals surface area contributed by atoms with Gasteiger partial charge in [0.2, 0.25) is 0 Å². The van der Waals surface area contributed by atoms with Crippen LogP contribution in [0.4, 0.5) is 11.4 Å². The molecule has 0 radical (unpaired) electrons. The molecule has 1 N–H and O–H groups in total. The van der Waals surface area contributed by atoms with E-state index < -0.39 is 0 Å². The Morgan fingerprint density at radius 1 is 1.16 bits per heavy atom. The molecule has 0 saturated heterocycles. The molecule has 0 fully saturated rings. The van der Waals surface area contributed by atoms with Crippen molar-refractivity contribution in [2.75, 3.05) is 7.11 Å². The fraction of sp³-hybridized carbons (Fsp3) is 0.296. The molecule has 2 aromatic carbocycles. The van der Waals surface area contributed by atoms with E-state index in [1.54, 1.807) is 7.11 Å². The molecule has 2 aliphatic rings. The lowest BCUT2D eigenvalue weighted by Crippen LogP contribution is -2.16. The average Bonchev–Trinajstić information content (AvgIpc) is 3.18. The summed E-state index contributed by atoms with van der Waals surface area (Å²) in [5.74, 6) is 1.26. The number of nitrogens with zero attached hydrogens (tertiary/aromatic N) is 3. The lowest BCUT2D eigenvalue weighted by Gasteiger charge is -2.29. The summed E-state index contributed by atoms with van der Waals surface area (Å²) in [6.07, 6.45) is 7.78. The Bertz CT molecular complexity index is 1440. The molecule has 0 aliphatic carbocycles. The van der Waals surface area contributed by atoms with Gasteiger partial charge in [0.25, 0.3) is 0 Å². The first-order valence-electron chi connectivity index (χ1n) is 11.4. The number of benzene rings is 2. The molecule has 0 amide bonds. The summed E-state index contributed by atoms with van der Waals surface area (Å²) in [4.78, 5) is 18.4. The Balaban J connectivity index is 1.67. The number of pyridine rings is 1. The van der Waals surface area contributed by atoms with E-state index in [-0.39, 0.29) is 0 Å². The lowest BCUT2D eigenvalue weighted by molar-refractivity contribution is 0.415. The molecule has 0 saturated carbocycles. The van der Waals surface area contributed by atoms with Crippen LogP contribution in [0.2, 0.25) is 0 Å². The van der Waals surface area contributed by atoms with E-state index in [2.05, 4.69) is 37.0 Å². The van der Waals surface area contributed by atoms with Gasteiger partial charge in [-0.15, -0.1) is 0 Å². The van der Waals surface area contributed by atoms with E-state index in [1.165, 1.54) is 27.5 Å². The second-order valence-electron chi connectivity index (χ2n) is 8.74. The van der Waals surface area contributed by atoms with Crippen LogP contribution < -0.4 is 4.74 Å². The zero-order chi connectivity index (χ0) is 21.8. The monoisotopic (exact) mass is 422 g/mol. The van der Waals surface area contributed by atoms with Crippen LogP contribution in [0.5, 0.6) is 5.75 Å². The first-order chi connectivity index (χ1) is 15.7. The van der Waals surface area contributed by atoms with Gasteiger partial charge in [-0.2, -0.15) is 0 Å². The number of aryl methyl sites for hydroxylation is 1. The van der Waals surface area contributed by atoms with E-state index in [0.717, 1.165) is 65.2 Å². The van der Waals surface area contributed by atoms with Gasteiger partial charge in [0.05, 0.1) is 29.7 Å². The molecular formula is C27H26N4O. The third-order valence-corrected chi connectivity index (χ3v) is 6.96. The van der Waals surface area contributed by atoms with E-state index in [0.29, 0.717) is 5.92 Å². The van der Waals surface area contributed by atoms with Crippen LogP contribution in [0.15, 0.2) is 46.5 Å². The molecule has 0 bridgehead atoms. The molecule has 160 valence electrons. The number of hydrogen-bond donors (Lipinski definition) is 1. The molecule has 2 aliphatic heterocycles.